The molecule has 1 aliphatic rings. The van der Waals surface area contributed by atoms with E-state index in [9.17, 15) is 14.0 Å². The standard InChI is InChI=1S/C24H21ClFN3O3/c1-14-10-17(15(2)29(14)21-12-18(25)8-9-22(21)32-3)11-20-23(30)28(24(31)27-20)13-16-6-4-5-7-19(16)26/h4-12H,13H2,1-3H3,(H,27,31)/b20-11+. The Hall–Kier alpha value is -3.58. The fourth-order valence-corrected chi connectivity index (χ4v) is 3.98. The Kier molecular flexibility index (Phi) is 5.76. The van der Waals surface area contributed by atoms with E-state index >= 15 is 0 Å². The Morgan fingerprint density at radius 2 is 1.88 bits per heavy atom. The number of benzene rings is 2. The number of carbonyl (C=O) groups is 2. The Morgan fingerprint density at radius 3 is 2.59 bits per heavy atom. The molecule has 32 heavy (non-hydrogen) atoms. The van der Waals surface area contributed by atoms with Gasteiger partial charge >= 0.3 is 6.03 Å². The second-order valence-corrected chi connectivity index (χ2v) is 7.89. The minimum absolute atomic E-state index is 0.129. The van der Waals surface area contributed by atoms with Gasteiger partial charge in [0.05, 0.1) is 19.3 Å². The number of hydrogen-bond acceptors (Lipinski definition) is 3. The fourth-order valence-electron chi connectivity index (χ4n) is 3.81. The van der Waals surface area contributed by atoms with E-state index in [0.717, 1.165) is 27.5 Å². The Labute approximate surface area is 189 Å². The zero-order valence-corrected chi connectivity index (χ0v) is 18.5. The van der Waals surface area contributed by atoms with E-state index in [1.807, 2.05) is 24.5 Å². The van der Waals surface area contributed by atoms with Gasteiger partial charge in [0.1, 0.15) is 17.3 Å². The van der Waals surface area contributed by atoms with Crippen LogP contribution in [-0.4, -0.2) is 28.5 Å². The summed E-state index contributed by atoms with van der Waals surface area (Å²) >= 11 is 6.20. The monoisotopic (exact) mass is 453 g/mol. The normalized spacial score (nSPS) is 14.9. The van der Waals surface area contributed by atoms with Gasteiger partial charge in [0.25, 0.3) is 5.91 Å². The van der Waals surface area contributed by atoms with Crippen LogP contribution in [0.3, 0.4) is 0 Å². The topological polar surface area (TPSA) is 63.6 Å². The molecule has 1 N–H and O–H groups in total. The van der Waals surface area contributed by atoms with Crippen molar-refractivity contribution < 1.29 is 18.7 Å². The van der Waals surface area contributed by atoms with Gasteiger partial charge in [-0.15, -0.1) is 0 Å². The summed E-state index contributed by atoms with van der Waals surface area (Å²) in [5.41, 5.74) is 3.65. The number of hydrogen-bond donors (Lipinski definition) is 1. The molecule has 1 aromatic heterocycles. The molecule has 0 spiro atoms. The van der Waals surface area contributed by atoms with E-state index in [2.05, 4.69) is 5.32 Å². The summed E-state index contributed by atoms with van der Waals surface area (Å²) in [6.45, 7) is 3.68. The van der Waals surface area contributed by atoms with Gasteiger partial charge in [0, 0.05) is 22.0 Å². The molecule has 0 atom stereocenters. The number of nitrogens with zero attached hydrogens (tertiary/aromatic N) is 2. The largest absolute Gasteiger partial charge is 0.495 e. The fraction of sp³-hybridized carbons (Fsp3) is 0.167. The molecular formula is C24H21ClFN3O3. The zero-order valence-electron chi connectivity index (χ0n) is 17.8. The highest BCUT2D eigenvalue weighted by Crippen LogP contribution is 2.31. The predicted molar refractivity (Wildman–Crippen MR) is 120 cm³/mol. The lowest BCUT2D eigenvalue weighted by molar-refractivity contribution is -0.123. The van der Waals surface area contributed by atoms with E-state index in [1.165, 1.54) is 6.07 Å². The number of aryl methyl sites for hydroxylation is 1. The van der Waals surface area contributed by atoms with Crippen LogP contribution in [0, 0.1) is 19.7 Å². The van der Waals surface area contributed by atoms with Gasteiger partial charge < -0.3 is 14.6 Å². The number of halogens is 2. The predicted octanol–water partition coefficient (Wildman–Crippen LogP) is 4.99. The summed E-state index contributed by atoms with van der Waals surface area (Å²) in [4.78, 5) is 26.2. The van der Waals surface area contributed by atoms with E-state index in [0.29, 0.717) is 10.8 Å². The van der Waals surface area contributed by atoms with Crippen molar-refractivity contribution in [3.05, 3.63) is 87.6 Å². The maximum Gasteiger partial charge on any atom is 0.329 e. The van der Waals surface area contributed by atoms with E-state index in [-0.39, 0.29) is 17.8 Å². The van der Waals surface area contributed by atoms with Crippen LogP contribution < -0.4 is 10.1 Å². The molecule has 4 rings (SSSR count). The average molecular weight is 454 g/mol. The molecule has 0 bridgehead atoms. The molecule has 6 nitrogen and oxygen atoms in total. The first-order chi connectivity index (χ1) is 15.3. The number of urea groups is 1. The van der Waals surface area contributed by atoms with Gasteiger partial charge in [-0.1, -0.05) is 29.8 Å². The highest BCUT2D eigenvalue weighted by atomic mass is 35.5. The Bertz CT molecular complexity index is 1270. The molecule has 1 aliphatic heterocycles. The first-order valence-corrected chi connectivity index (χ1v) is 10.3. The lowest BCUT2D eigenvalue weighted by atomic mass is 10.2. The van der Waals surface area contributed by atoms with Crippen molar-refractivity contribution in [2.75, 3.05) is 7.11 Å². The molecular weight excluding hydrogens is 433 g/mol. The lowest BCUT2D eigenvalue weighted by Gasteiger charge is -2.14. The quantitative estimate of drug-likeness (QED) is 0.437. The van der Waals surface area contributed by atoms with Crippen LogP contribution in [0.4, 0.5) is 9.18 Å². The third-order valence-electron chi connectivity index (χ3n) is 5.40. The molecule has 1 saturated heterocycles. The molecule has 3 amide bonds. The minimum Gasteiger partial charge on any atom is -0.495 e. The molecule has 0 radical (unpaired) electrons. The third kappa shape index (κ3) is 3.87. The highest BCUT2D eigenvalue weighted by Gasteiger charge is 2.34. The lowest BCUT2D eigenvalue weighted by Crippen LogP contribution is -2.30. The molecule has 3 aromatic rings. The molecule has 8 heteroatoms. The minimum atomic E-state index is -0.588. The van der Waals surface area contributed by atoms with Gasteiger partial charge in [-0.2, -0.15) is 0 Å². The summed E-state index contributed by atoms with van der Waals surface area (Å²) in [5.74, 6) is -0.329. The maximum absolute atomic E-state index is 14.0. The smallest absolute Gasteiger partial charge is 0.329 e. The van der Waals surface area contributed by atoms with E-state index in [1.54, 1.807) is 49.6 Å². The molecule has 0 unspecified atom stereocenters. The van der Waals surface area contributed by atoms with Crippen LogP contribution in [-0.2, 0) is 11.3 Å². The van der Waals surface area contributed by atoms with Crippen LogP contribution in [0.1, 0.15) is 22.5 Å². The van der Waals surface area contributed by atoms with Gasteiger partial charge in [-0.25, -0.2) is 9.18 Å². The number of ether oxygens (including phenoxy) is 1. The SMILES string of the molecule is COc1ccc(Cl)cc1-n1c(C)cc(/C=C2/NC(=O)N(Cc3ccccc3F)C2=O)c1C. The third-order valence-corrected chi connectivity index (χ3v) is 5.64. The van der Waals surface area contributed by atoms with Crippen molar-refractivity contribution in [2.24, 2.45) is 0 Å². The van der Waals surface area contributed by atoms with E-state index in [4.69, 9.17) is 16.3 Å². The second kappa shape index (κ2) is 8.51. The number of amides is 3. The first kappa shape index (κ1) is 21.6. The summed E-state index contributed by atoms with van der Waals surface area (Å²) in [6.07, 6.45) is 1.62. The van der Waals surface area contributed by atoms with Gasteiger partial charge in [-0.05, 0) is 55.8 Å². The average Bonchev–Trinajstić information content (AvgIpc) is 3.18. The molecule has 164 valence electrons. The number of rotatable bonds is 5. The Morgan fingerprint density at radius 1 is 1.12 bits per heavy atom. The Balaban J connectivity index is 1.68. The van der Waals surface area contributed by atoms with Crippen molar-refractivity contribution in [3.63, 3.8) is 0 Å². The molecule has 1 fully saturated rings. The molecule has 2 heterocycles. The van der Waals surface area contributed by atoms with E-state index < -0.39 is 17.8 Å². The van der Waals surface area contributed by atoms with Crippen LogP contribution in [0.15, 0.2) is 54.2 Å². The van der Waals surface area contributed by atoms with Gasteiger partial charge in [0.2, 0.25) is 0 Å². The van der Waals surface area contributed by atoms with Crippen molar-refractivity contribution >= 4 is 29.6 Å². The number of methoxy groups -OCH3 is 1. The summed E-state index contributed by atoms with van der Waals surface area (Å²) in [5, 5.41) is 3.16. The highest BCUT2D eigenvalue weighted by molar-refractivity contribution is 6.30. The van der Waals surface area contributed by atoms with Crippen molar-refractivity contribution in [1.29, 1.82) is 0 Å². The summed E-state index contributed by atoms with van der Waals surface area (Å²) < 4.78 is 21.4. The number of nitrogens with one attached hydrogen (secondary N) is 1. The van der Waals surface area contributed by atoms with Crippen molar-refractivity contribution in [3.8, 4) is 11.4 Å². The van der Waals surface area contributed by atoms with Crippen LogP contribution in [0.25, 0.3) is 11.8 Å². The molecule has 2 aromatic carbocycles. The summed E-state index contributed by atoms with van der Waals surface area (Å²) in [6, 6.07) is 12.7. The van der Waals surface area contributed by atoms with Gasteiger partial charge in [-0.3, -0.25) is 9.69 Å². The molecule has 0 aliphatic carbocycles. The maximum atomic E-state index is 14.0. The van der Waals surface area contributed by atoms with Crippen LogP contribution in [0.2, 0.25) is 5.02 Å². The second-order valence-electron chi connectivity index (χ2n) is 7.45. The van der Waals surface area contributed by atoms with Crippen LogP contribution >= 0.6 is 11.6 Å². The molecule has 0 saturated carbocycles. The first-order valence-electron chi connectivity index (χ1n) is 9.91. The summed E-state index contributed by atoms with van der Waals surface area (Å²) in [7, 11) is 1.58. The van der Waals surface area contributed by atoms with Crippen LogP contribution in [0.5, 0.6) is 5.75 Å². The number of imide groups is 1. The zero-order chi connectivity index (χ0) is 23.0. The number of carbonyl (C=O) groups excluding carboxylic acids is 2. The van der Waals surface area contributed by atoms with Crippen molar-refractivity contribution in [1.82, 2.24) is 14.8 Å². The van der Waals surface area contributed by atoms with Gasteiger partial charge in [0.15, 0.2) is 0 Å². The van der Waals surface area contributed by atoms with Crippen molar-refractivity contribution in [2.45, 2.75) is 20.4 Å². The number of aromatic nitrogens is 1.